The summed E-state index contributed by atoms with van der Waals surface area (Å²) in [5, 5.41) is 4.44. The van der Waals surface area contributed by atoms with Crippen molar-refractivity contribution < 1.29 is 4.39 Å². The second kappa shape index (κ2) is 5.29. The molecule has 0 saturated carbocycles. The molecule has 0 fully saturated rings. The van der Waals surface area contributed by atoms with Crippen LogP contribution in [0.3, 0.4) is 0 Å². The lowest BCUT2D eigenvalue weighted by molar-refractivity contribution is 0.421. The molecule has 4 rings (SSSR count). The van der Waals surface area contributed by atoms with Gasteiger partial charge in [0.05, 0.1) is 21.8 Å². The molecule has 4 heteroatoms. The smallest absolute Gasteiger partial charge is 0.146 e. The Kier molecular flexibility index (Phi) is 3.39. The molecule has 0 aromatic heterocycles. The average molecular weight is 334 g/mol. The number of anilines is 1. The minimum Gasteiger partial charge on any atom is -0.375 e. The lowest BCUT2D eigenvalue weighted by atomic mass is 9.77. The number of rotatable bonds is 1. The summed E-state index contributed by atoms with van der Waals surface area (Å²) in [4.78, 5) is 0. The molecular formula is C18H14Cl2FN. The summed E-state index contributed by atoms with van der Waals surface area (Å²) in [6.07, 6.45) is 5.29. The Hall–Kier alpha value is -1.51. The van der Waals surface area contributed by atoms with Gasteiger partial charge >= 0.3 is 0 Å². The van der Waals surface area contributed by atoms with E-state index in [1.807, 2.05) is 18.2 Å². The first-order valence-electron chi connectivity index (χ1n) is 7.32. The largest absolute Gasteiger partial charge is 0.375 e. The van der Waals surface area contributed by atoms with E-state index in [0.717, 1.165) is 17.5 Å². The van der Waals surface area contributed by atoms with E-state index in [4.69, 9.17) is 23.2 Å². The van der Waals surface area contributed by atoms with Gasteiger partial charge in [-0.05, 0) is 35.6 Å². The number of fused-ring (bicyclic) bond motifs is 3. The molecule has 0 radical (unpaired) electrons. The molecule has 1 nitrogen and oxygen atoms in total. The molecule has 2 aliphatic rings. The minimum absolute atomic E-state index is 0.0457. The van der Waals surface area contributed by atoms with Gasteiger partial charge in [0.2, 0.25) is 0 Å². The third kappa shape index (κ3) is 2.05. The highest BCUT2D eigenvalue weighted by Gasteiger charge is 2.39. The molecular weight excluding hydrogens is 320 g/mol. The van der Waals surface area contributed by atoms with Gasteiger partial charge in [0.1, 0.15) is 5.82 Å². The van der Waals surface area contributed by atoms with Crippen LogP contribution in [-0.2, 0) is 0 Å². The molecule has 1 heterocycles. The third-order valence-corrected chi connectivity index (χ3v) is 5.50. The molecule has 0 unspecified atom stereocenters. The van der Waals surface area contributed by atoms with Crippen molar-refractivity contribution in [1.82, 2.24) is 0 Å². The average Bonchev–Trinajstić information content (AvgIpc) is 3.00. The Morgan fingerprint density at radius 3 is 2.68 bits per heavy atom. The van der Waals surface area contributed by atoms with Gasteiger partial charge in [-0.3, -0.25) is 0 Å². The van der Waals surface area contributed by atoms with Crippen molar-refractivity contribution in [3.8, 4) is 0 Å². The molecule has 0 bridgehead atoms. The number of hydrogen-bond acceptors (Lipinski definition) is 1. The minimum atomic E-state index is -0.223. The van der Waals surface area contributed by atoms with Crippen molar-refractivity contribution >= 4 is 28.9 Å². The van der Waals surface area contributed by atoms with E-state index in [1.54, 1.807) is 12.1 Å². The molecule has 1 N–H and O–H groups in total. The van der Waals surface area contributed by atoms with E-state index < -0.39 is 0 Å². The van der Waals surface area contributed by atoms with Crippen LogP contribution in [0.1, 0.15) is 29.5 Å². The normalized spacial score (nSPS) is 25.5. The molecule has 3 atom stereocenters. The molecule has 1 aliphatic heterocycles. The summed E-state index contributed by atoms with van der Waals surface area (Å²) in [6, 6.07) is 10.8. The van der Waals surface area contributed by atoms with Crippen LogP contribution < -0.4 is 5.32 Å². The molecule has 0 saturated heterocycles. The fourth-order valence-corrected chi connectivity index (χ4v) is 4.08. The second-order valence-corrected chi connectivity index (χ2v) is 6.61. The number of hydrogen-bond donors (Lipinski definition) is 1. The zero-order valence-electron chi connectivity index (χ0n) is 11.7. The fourth-order valence-electron chi connectivity index (χ4n) is 3.65. The maximum absolute atomic E-state index is 14.3. The first kappa shape index (κ1) is 14.1. The van der Waals surface area contributed by atoms with E-state index in [2.05, 4.69) is 17.5 Å². The summed E-state index contributed by atoms with van der Waals surface area (Å²) < 4.78 is 14.3. The maximum Gasteiger partial charge on any atom is 0.146 e. The number of allylic oxidation sites excluding steroid dienone is 2. The van der Waals surface area contributed by atoms with Crippen molar-refractivity contribution in [3.05, 3.63) is 75.5 Å². The van der Waals surface area contributed by atoms with Crippen molar-refractivity contribution in [2.45, 2.75) is 18.4 Å². The van der Waals surface area contributed by atoms with E-state index in [1.165, 1.54) is 6.07 Å². The summed E-state index contributed by atoms with van der Waals surface area (Å²) in [5.41, 5.74) is 2.53. The predicted octanol–water partition coefficient (Wildman–Crippen LogP) is 5.96. The van der Waals surface area contributed by atoms with Gasteiger partial charge in [0, 0.05) is 5.92 Å². The zero-order valence-corrected chi connectivity index (χ0v) is 13.2. The standard InChI is InChI=1S/C18H14Cl2FN/c19-14-8-2-7-13(16(14)20)17-11-5-1-4-10(11)12-6-3-9-15(21)18(12)22-17/h1-4,6-11,17,22H,5H2/t10-,11+,17-/m0/s1. The van der Waals surface area contributed by atoms with Crippen molar-refractivity contribution in [2.75, 3.05) is 5.32 Å². The Balaban J connectivity index is 1.86. The molecule has 2 aromatic carbocycles. The van der Waals surface area contributed by atoms with Crippen LogP contribution in [0.25, 0.3) is 0 Å². The first-order chi connectivity index (χ1) is 10.7. The Bertz CT molecular complexity index is 772. The fraction of sp³-hybridized carbons (Fsp3) is 0.222. The molecule has 1 aliphatic carbocycles. The van der Waals surface area contributed by atoms with E-state index >= 15 is 0 Å². The first-order valence-corrected chi connectivity index (χ1v) is 8.08. The SMILES string of the molecule is Fc1cccc2c1N[C@H](c1cccc(Cl)c1Cl)[C@@H]1CC=C[C@H]21. The molecule has 0 amide bonds. The topological polar surface area (TPSA) is 12.0 Å². The third-order valence-electron chi connectivity index (χ3n) is 4.66. The van der Waals surface area contributed by atoms with Crippen molar-refractivity contribution in [2.24, 2.45) is 5.92 Å². The Morgan fingerprint density at radius 1 is 1.05 bits per heavy atom. The highest BCUT2D eigenvalue weighted by molar-refractivity contribution is 6.42. The quantitative estimate of drug-likeness (QED) is 0.635. The lowest BCUT2D eigenvalue weighted by Crippen LogP contribution is -2.29. The van der Waals surface area contributed by atoms with Crippen LogP contribution in [0, 0.1) is 11.7 Å². The van der Waals surface area contributed by atoms with Gasteiger partial charge in [0.25, 0.3) is 0 Å². The lowest BCUT2D eigenvalue weighted by Gasteiger charge is -2.38. The summed E-state index contributed by atoms with van der Waals surface area (Å²) in [7, 11) is 0. The van der Waals surface area contributed by atoms with Crippen LogP contribution in [-0.4, -0.2) is 0 Å². The van der Waals surface area contributed by atoms with Crippen LogP contribution in [0.5, 0.6) is 0 Å². The summed E-state index contributed by atoms with van der Waals surface area (Å²) in [5.74, 6) is 0.316. The van der Waals surface area contributed by atoms with Crippen molar-refractivity contribution in [3.63, 3.8) is 0 Å². The summed E-state index contributed by atoms with van der Waals surface area (Å²) >= 11 is 12.6. The monoisotopic (exact) mass is 333 g/mol. The zero-order chi connectivity index (χ0) is 15.3. The van der Waals surface area contributed by atoms with Gasteiger partial charge in [-0.25, -0.2) is 4.39 Å². The molecule has 0 spiro atoms. The van der Waals surface area contributed by atoms with Crippen LogP contribution in [0.2, 0.25) is 10.0 Å². The Morgan fingerprint density at radius 2 is 1.82 bits per heavy atom. The number of benzene rings is 2. The van der Waals surface area contributed by atoms with Gasteiger partial charge in [-0.1, -0.05) is 59.6 Å². The molecule has 112 valence electrons. The maximum atomic E-state index is 14.3. The molecule has 2 aromatic rings. The predicted molar refractivity (Wildman–Crippen MR) is 89.2 cm³/mol. The molecule has 22 heavy (non-hydrogen) atoms. The Labute approximate surface area is 138 Å². The number of para-hydroxylation sites is 1. The van der Waals surface area contributed by atoms with E-state index in [-0.39, 0.29) is 17.8 Å². The van der Waals surface area contributed by atoms with Gasteiger partial charge in [-0.2, -0.15) is 0 Å². The van der Waals surface area contributed by atoms with E-state index in [9.17, 15) is 4.39 Å². The van der Waals surface area contributed by atoms with Crippen LogP contribution in [0.15, 0.2) is 48.6 Å². The van der Waals surface area contributed by atoms with Gasteiger partial charge in [0.15, 0.2) is 0 Å². The van der Waals surface area contributed by atoms with Gasteiger partial charge in [-0.15, -0.1) is 0 Å². The number of halogens is 3. The van der Waals surface area contributed by atoms with Crippen molar-refractivity contribution in [1.29, 1.82) is 0 Å². The van der Waals surface area contributed by atoms with Crippen LogP contribution >= 0.6 is 23.2 Å². The second-order valence-electron chi connectivity index (χ2n) is 5.82. The van der Waals surface area contributed by atoms with Crippen LogP contribution in [0.4, 0.5) is 10.1 Å². The van der Waals surface area contributed by atoms with E-state index in [0.29, 0.717) is 21.7 Å². The highest BCUT2D eigenvalue weighted by atomic mass is 35.5. The number of nitrogens with one attached hydrogen (secondary N) is 1. The summed E-state index contributed by atoms with van der Waals surface area (Å²) in [6.45, 7) is 0. The highest BCUT2D eigenvalue weighted by Crippen LogP contribution is 2.51. The van der Waals surface area contributed by atoms with Gasteiger partial charge < -0.3 is 5.32 Å².